The average molecular weight is 306 g/mol. The van der Waals surface area contributed by atoms with Gasteiger partial charge in [-0.25, -0.2) is 0 Å². The highest BCUT2D eigenvalue weighted by Gasteiger charge is 2.13. The van der Waals surface area contributed by atoms with Crippen molar-refractivity contribution in [2.24, 2.45) is 0 Å². The van der Waals surface area contributed by atoms with Crippen molar-refractivity contribution in [2.45, 2.75) is 32.2 Å². The Labute approximate surface area is 111 Å². The first-order valence-electron chi connectivity index (χ1n) is 5.73. The zero-order valence-electron chi connectivity index (χ0n) is 9.96. The maximum absolute atomic E-state index is 5.11. The topological polar surface area (TPSA) is 21.3 Å². The van der Waals surface area contributed by atoms with Crippen molar-refractivity contribution in [3.63, 3.8) is 0 Å². The van der Waals surface area contributed by atoms with Gasteiger partial charge in [-0.3, -0.25) is 0 Å². The molecular formula is C12H20BrNOS. The van der Waals surface area contributed by atoms with Gasteiger partial charge in [-0.15, -0.1) is 0 Å². The lowest BCUT2D eigenvalue weighted by molar-refractivity contribution is 0.188. The van der Waals surface area contributed by atoms with Crippen LogP contribution in [0.3, 0.4) is 0 Å². The van der Waals surface area contributed by atoms with Crippen LogP contribution in [-0.4, -0.2) is 20.3 Å². The lowest BCUT2D eigenvalue weighted by Crippen LogP contribution is -2.22. The number of methoxy groups -OCH3 is 1. The lowest BCUT2D eigenvalue weighted by Gasteiger charge is -2.18. The van der Waals surface area contributed by atoms with E-state index in [0.29, 0.717) is 6.04 Å². The number of hydrogen-bond acceptors (Lipinski definition) is 3. The molecule has 1 atom stereocenters. The van der Waals surface area contributed by atoms with Crippen molar-refractivity contribution in [3.8, 4) is 0 Å². The van der Waals surface area contributed by atoms with E-state index in [1.165, 1.54) is 16.5 Å². The van der Waals surface area contributed by atoms with Gasteiger partial charge in [-0.1, -0.05) is 6.92 Å². The first-order chi connectivity index (χ1) is 7.79. The molecule has 0 spiro atoms. The minimum Gasteiger partial charge on any atom is -0.385 e. The van der Waals surface area contributed by atoms with Crippen molar-refractivity contribution in [1.29, 1.82) is 0 Å². The Balaban J connectivity index is 2.53. The summed E-state index contributed by atoms with van der Waals surface area (Å²) in [6.45, 7) is 4.11. The number of halogens is 1. The zero-order chi connectivity index (χ0) is 11.8. The number of ether oxygens (including phenoxy) is 1. The Kier molecular flexibility index (Phi) is 7.28. The molecular weight excluding hydrogens is 286 g/mol. The fourth-order valence-corrected chi connectivity index (χ4v) is 3.29. The Hall–Kier alpha value is 0.100. The lowest BCUT2D eigenvalue weighted by atomic mass is 10.1. The molecule has 1 aromatic heterocycles. The first-order valence-corrected chi connectivity index (χ1v) is 7.47. The molecule has 0 aromatic carbocycles. The third-order valence-corrected chi connectivity index (χ3v) is 4.25. The van der Waals surface area contributed by atoms with E-state index in [2.05, 4.69) is 38.9 Å². The maximum atomic E-state index is 5.11. The molecule has 1 rings (SSSR count). The minimum absolute atomic E-state index is 0.454. The number of nitrogens with one attached hydrogen (secondary N) is 1. The fraction of sp³-hybridized carbons (Fsp3) is 0.667. The molecule has 0 aliphatic carbocycles. The normalized spacial score (nSPS) is 12.9. The summed E-state index contributed by atoms with van der Waals surface area (Å²) in [6.07, 6.45) is 3.39. The quantitative estimate of drug-likeness (QED) is 0.734. The summed E-state index contributed by atoms with van der Waals surface area (Å²) >= 11 is 5.36. The van der Waals surface area contributed by atoms with E-state index in [9.17, 15) is 0 Å². The fourth-order valence-electron chi connectivity index (χ4n) is 1.66. The molecule has 16 heavy (non-hydrogen) atoms. The van der Waals surface area contributed by atoms with Crippen LogP contribution in [0.2, 0.25) is 0 Å². The highest BCUT2D eigenvalue weighted by Crippen LogP contribution is 2.29. The van der Waals surface area contributed by atoms with Crippen LogP contribution in [-0.2, 0) is 4.74 Å². The smallest absolute Gasteiger partial charge is 0.0462 e. The van der Waals surface area contributed by atoms with Gasteiger partial charge in [0.15, 0.2) is 0 Å². The zero-order valence-corrected chi connectivity index (χ0v) is 12.4. The highest BCUT2D eigenvalue weighted by molar-refractivity contribution is 9.10. The van der Waals surface area contributed by atoms with Gasteiger partial charge in [0.1, 0.15) is 0 Å². The van der Waals surface area contributed by atoms with Crippen LogP contribution >= 0.6 is 27.3 Å². The second-order valence-electron chi connectivity index (χ2n) is 3.82. The van der Waals surface area contributed by atoms with Gasteiger partial charge >= 0.3 is 0 Å². The van der Waals surface area contributed by atoms with Crippen molar-refractivity contribution in [1.82, 2.24) is 5.32 Å². The van der Waals surface area contributed by atoms with Gasteiger partial charge in [-0.2, -0.15) is 11.3 Å². The third-order valence-electron chi connectivity index (χ3n) is 2.50. The van der Waals surface area contributed by atoms with E-state index in [1.54, 1.807) is 18.4 Å². The Morgan fingerprint density at radius 2 is 2.31 bits per heavy atom. The highest BCUT2D eigenvalue weighted by atomic mass is 79.9. The molecule has 0 aliphatic heterocycles. The molecule has 0 amide bonds. The van der Waals surface area contributed by atoms with Crippen molar-refractivity contribution in [3.05, 3.63) is 20.8 Å². The largest absolute Gasteiger partial charge is 0.385 e. The van der Waals surface area contributed by atoms with E-state index in [-0.39, 0.29) is 0 Å². The van der Waals surface area contributed by atoms with Crippen LogP contribution in [0.5, 0.6) is 0 Å². The van der Waals surface area contributed by atoms with Gasteiger partial charge in [0.2, 0.25) is 0 Å². The molecule has 0 aliphatic rings. The summed E-state index contributed by atoms with van der Waals surface area (Å²) in [5.41, 5.74) is 1.38. The van der Waals surface area contributed by atoms with Gasteiger partial charge < -0.3 is 10.1 Å². The Bertz CT molecular complexity index is 290. The van der Waals surface area contributed by atoms with Gasteiger partial charge in [0.05, 0.1) is 0 Å². The number of rotatable bonds is 8. The number of hydrogen-bond donors (Lipinski definition) is 1. The first kappa shape index (κ1) is 14.2. The monoisotopic (exact) mass is 305 g/mol. The average Bonchev–Trinajstić information content (AvgIpc) is 2.70. The molecule has 0 saturated heterocycles. The molecule has 0 bridgehead atoms. The molecule has 92 valence electrons. The van der Waals surface area contributed by atoms with Crippen LogP contribution in [0.15, 0.2) is 15.2 Å². The second kappa shape index (κ2) is 8.23. The van der Waals surface area contributed by atoms with Crippen molar-refractivity contribution in [2.75, 3.05) is 20.3 Å². The van der Waals surface area contributed by atoms with Crippen LogP contribution in [0.25, 0.3) is 0 Å². The predicted molar refractivity (Wildman–Crippen MR) is 74.2 cm³/mol. The van der Waals surface area contributed by atoms with Gasteiger partial charge in [0, 0.05) is 29.6 Å². The van der Waals surface area contributed by atoms with Crippen LogP contribution in [0.1, 0.15) is 37.8 Å². The summed E-state index contributed by atoms with van der Waals surface area (Å²) < 4.78 is 6.33. The molecule has 1 aromatic rings. The summed E-state index contributed by atoms with van der Waals surface area (Å²) in [4.78, 5) is 0. The molecule has 0 saturated carbocycles. The van der Waals surface area contributed by atoms with Gasteiger partial charge in [0.25, 0.3) is 0 Å². The summed E-state index contributed by atoms with van der Waals surface area (Å²) in [7, 11) is 1.76. The predicted octanol–water partition coefficient (Wildman–Crippen LogP) is 3.98. The minimum atomic E-state index is 0.454. The molecule has 0 radical (unpaired) electrons. The molecule has 1 N–H and O–H groups in total. The third kappa shape index (κ3) is 4.53. The summed E-state index contributed by atoms with van der Waals surface area (Å²) in [6, 6.07) is 0.454. The van der Waals surface area contributed by atoms with Crippen LogP contribution < -0.4 is 5.32 Å². The van der Waals surface area contributed by atoms with E-state index >= 15 is 0 Å². The van der Waals surface area contributed by atoms with Crippen LogP contribution in [0, 0.1) is 0 Å². The molecule has 1 unspecified atom stereocenters. The Morgan fingerprint density at radius 1 is 1.50 bits per heavy atom. The Morgan fingerprint density at radius 3 is 2.88 bits per heavy atom. The van der Waals surface area contributed by atoms with E-state index in [1.807, 2.05) is 0 Å². The van der Waals surface area contributed by atoms with Crippen molar-refractivity contribution >= 4 is 27.3 Å². The van der Waals surface area contributed by atoms with Crippen LogP contribution in [0.4, 0.5) is 0 Å². The molecule has 0 fully saturated rings. The van der Waals surface area contributed by atoms with E-state index in [4.69, 9.17) is 4.74 Å². The van der Waals surface area contributed by atoms with Gasteiger partial charge in [-0.05, 0) is 52.7 Å². The standard InChI is InChI=1S/C12H20BrNOS/c1-3-6-14-12(5-4-7-15-2)10-8-16-9-11(10)13/h8-9,12,14H,3-7H2,1-2H3. The number of thiophene rings is 1. The molecule has 4 heteroatoms. The van der Waals surface area contributed by atoms with E-state index in [0.717, 1.165) is 26.0 Å². The summed E-state index contributed by atoms with van der Waals surface area (Å²) in [5.74, 6) is 0. The second-order valence-corrected chi connectivity index (χ2v) is 5.41. The SMILES string of the molecule is CCCNC(CCCOC)c1cscc1Br. The van der Waals surface area contributed by atoms with Crippen molar-refractivity contribution < 1.29 is 4.74 Å². The maximum Gasteiger partial charge on any atom is 0.0462 e. The summed E-state index contributed by atoms with van der Waals surface area (Å²) in [5, 5.41) is 7.96. The van der Waals surface area contributed by atoms with E-state index < -0.39 is 0 Å². The molecule has 2 nitrogen and oxygen atoms in total. The molecule has 1 heterocycles.